The predicted octanol–water partition coefficient (Wildman–Crippen LogP) is 2.44. The minimum absolute atomic E-state index is 0.226. The van der Waals surface area contributed by atoms with Gasteiger partial charge in [0.2, 0.25) is 0 Å². The number of piperidine rings is 1. The fourth-order valence-corrected chi connectivity index (χ4v) is 5.41. The fraction of sp³-hybridized carbons (Fsp3) is 0.524. The van der Waals surface area contributed by atoms with Crippen molar-refractivity contribution < 1.29 is 8.42 Å². The third kappa shape index (κ3) is 4.05. The molecular weight excluding hydrogens is 372 g/mol. The molecule has 3 heterocycles. The van der Waals surface area contributed by atoms with E-state index in [9.17, 15) is 8.42 Å². The number of aromatic nitrogens is 2. The van der Waals surface area contributed by atoms with Gasteiger partial charge in [0.05, 0.1) is 10.9 Å². The SMILES string of the molecule is C[C@@H]1Cc2ncnc(N3CCC(S(C)(=O)=O)CC3)c2CN1Cc1ccccc1. The van der Waals surface area contributed by atoms with Gasteiger partial charge in [-0.25, -0.2) is 18.4 Å². The van der Waals surface area contributed by atoms with Crippen LogP contribution in [-0.2, 0) is 29.3 Å². The second-order valence-corrected chi connectivity index (χ2v) is 10.4. The van der Waals surface area contributed by atoms with Crippen LogP contribution in [0.15, 0.2) is 36.7 Å². The Balaban J connectivity index is 1.54. The van der Waals surface area contributed by atoms with Gasteiger partial charge in [-0.15, -0.1) is 0 Å². The van der Waals surface area contributed by atoms with Gasteiger partial charge in [-0.05, 0) is 25.3 Å². The molecule has 1 fully saturated rings. The highest BCUT2D eigenvalue weighted by Gasteiger charge is 2.31. The molecule has 0 N–H and O–H groups in total. The van der Waals surface area contributed by atoms with Crippen molar-refractivity contribution in [3.8, 4) is 0 Å². The van der Waals surface area contributed by atoms with Gasteiger partial charge in [-0.2, -0.15) is 0 Å². The molecule has 7 heteroatoms. The number of sulfone groups is 1. The summed E-state index contributed by atoms with van der Waals surface area (Å²) >= 11 is 0. The van der Waals surface area contributed by atoms with Crippen LogP contribution in [0.2, 0.25) is 0 Å². The highest BCUT2D eigenvalue weighted by molar-refractivity contribution is 7.91. The average molecular weight is 401 g/mol. The zero-order valence-corrected chi connectivity index (χ0v) is 17.4. The minimum Gasteiger partial charge on any atom is -0.356 e. The zero-order chi connectivity index (χ0) is 19.7. The first-order valence-electron chi connectivity index (χ1n) is 9.96. The molecular formula is C21H28N4O2S. The molecule has 150 valence electrons. The molecule has 0 bridgehead atoms. The molecule has 4 rings (SSSR count). The predicted molar refractivity (Wildman–Crippen MR) is 111 cm³/mol. The third-order valence-electron chi connectivity index (χ3n) is 6.06. The molecule has 1 atom stereocenters. The largest absolute Gasteiger partial charge is 0.356 e. The molecule has 28 heavy (non-hydrogen) atoms. The molecule has 2 aliphatic heterocycles. The summed E-state index contributed by atoms with van der Waals surface area (Å²) in [4.78, 5) is 13.9. The lowest BCUT2D eigenvalue weighted by Gasteiger charge is -2.38. The molecule has 0 saturated carbocycles. The van der Waals surface area contributed by atoms with Crippen molar-refractivity contribution in [2.24, 2.45) is 0 Å². The molecule has 0 radical (unpaired) electrons. The summed E-state index contributed by atoms with van der Waals surface area (Å²) in [6, 6.07) is 11.0. The average Bonchev–Trinajstić information content (AvgIpc) is 2.68. The first-order valence-corrected chi connectivity index (χ1v) is 11.9. The van der Waals surface area contributed by atoms with E-state index in [1.54, 1.807) is 6.33 Å². The molecule has 0 amide bonds. The van der Waals surface area contributed by atoms with Crippen LogP contribution in [0.25, 0.3) is 0 Å². The molecule has 6 nitrogen and oxygen atoms in total. The van der Waals surface area contributed by atoms with E-state index in [1.165, 1.54) is 17.4 Å². The lowest BCUT2D eigenvalue weighted by atomic mass is 9.98. The van der Waals surface area contributed by atoms with Crippen LogP contribution in [-0.4, -0.2) is 53.9 Å². The summed E-state index contributed by atoms with van der Waals surface area (Å²) in [6.45, 7) is 5.45. The maximum Gasteiger partial charge on any atom is 0.150 e. The van der Waals surface area contributed by atoms with Crippen LogP contribution < -0.4 is 4.90 Å². The van der Waals surface area contributed by atoms with E-state index in [1.807, 2.05) is 6.07 Å². The van der Waals surface area contributed by atoms with Gasteiger partial charge in [-0.3, -0.25) is 4.90 Å². The lowest BCUT2D eigenvalue weighted by molar-refractivity contribution is 0.173. The van der Waals surface area contributed by atoms with E-state index >= 15 is 0 Å². The molecule has 1 aromatic heterocycles. The van der Waals surface area contributed by atoms with E-state index in [4.69, 9.17) is 0 Å². The Morgan fingerprint density at radius 3 is 2.50 bits per heavy atom. The van der Waals surface area contributed by atoms with E-state index in [0.29, 0.717) is 18.9 Å². The Morgan fingerprint density at radius 2 is 1.82 bits per heavy atom. The molecule has 2 aliphatic rings. The number of rotatable bonds is 4. The monoisotopic (exact) mass is 400 g/mol. The number of anilines is 1. The lowest BCUT2D eigenvalue weighted by Crippen LogP contribution is -2.42. The van der Waals surface area contributed by atoms with E-state index in [0.717, 1.165) is 44.1 Å². The van der Waals surface area contributed by atoms with E-state index in [-0.39, 0.29) is 5.25 Å². The van der Waals surface area contributed by atoms with Gasteiger partial charge in [-0.1, -0.05) is 30.3 Å². The first-order chi connectivity index (χ1) is 13.4. The summed E-state index contributed by atoms with van der Waals surface area (Å²) < 4.78 is 23.7. The van der Waals surface area contributed by atoms with Crippen molar-refractivity contribution in [3.05, 3.63) is 53.5 Å². The molecule has 2 aromatic rings. The Labute approximate surface area is 167 Å². The van der Waals surface area contributed by atoms with Crippen LogP contribution in [0.4, 0.5) is 5.82 Å². The summed E-state index contributed by atoms with van der Waals surface area (Å²) in [5.41, 5.74) is 3.64. The minimum atomic E-state index is -2.97. The second-order valence-electron chi connectivity index (χ2n) is 8.08. The Kier molecular flexibility index (Phi) is 5.38. The topological polar surface area (TPSA) is 66.4 Å². The second kappa shape index (κ2) is 7.79. The maximum absolute atomic E-state index is 11.9. The first kappa shape index (κ1) is 19.3. The molecule has 0 spiro atoms. The Hall–Kier alpha value is -1.99. The Bertz CT molecular complexity index is 925. The summed E-state index contributed by atoms with van der Waals surface area (Å²) in [5, 5.41) is -0.226. The summed E-state index contributed by atoms with van der Waals surface area (Å²) in [7, 11) is -2.97. The molecule has 0 unspecified atom stereocenters. The van der Waals surface area contributed by atoms with Crippen molar-refractivity contribution in [1.82, 2.24) is 14.9 Å². The van der Waals surface area contributed by atoms with Gasteiger partial charge in [0, 0.05) is 50.5 Å². The normalized spacial score (nSPS) is 21.5. The van der Waals surface area contributed by atoms with Crippen LogP contribution >= 0.6 is 0 Å². The number of benzene rings is 1. The standard InChI is InChI=1S/C21H28N4O2S/c1-16-12-20-19(14-25(16)13-17-6-4-3-5-7-17)21(23-15-22-20)24-10-8-18(9-11-24)28(2,26)27/h3-7,15-16,18H,8-14H2,1-2H3/t16-/m1/s1. The highest BCUT2D eigenvalue weighted by Crippen LogP contribution is 2.31. The zero-order valence-electron chi connectivity index (χ0n) is 16.6. The van der Waals surface area contributed by atoms with Crippen LogP contribution in [0, 0.1) is 0 Å². The summed E-state index contributed by atoms with van der Waals surface area (Å²) in [6.07, 6.45) is 5.26. The Morgan fingerprint density at radius 1 is 1.11 bits per heavy atom. The maximum atomic E-state index is 11.9. The van der Waals surface area contributed by atoms with Crippen molar-refractivity contribution >= 4 is 15.7 Å². The van der Waals surface area contributed by atoms with Crippen LogP contribution in [0.5, 0.6) is 0 Å². The van der Waals surface area contributed by atoms with Gasteiger partial charge in [0.1, 0.15) is 22.0 Å². The number of hydrogen-bond donors (Lipinski definition) is 0. The molecule has 1 aromatic carbocycles. The van der Waals surface area contributed by atoms with Crippen molar-refractivity contribution in [2.75, 3.05) is 24.2 Å². The van der Waals surface area contributed by atoms with E-state index < -0.39 is 9.84 Å². The smallest absolute Gasteiger partial charge is 0.150 e. The molecule has 1 saturated heterocycles. The van der Waals surface area contributed by atoms with Crippen molar-refractivity contribution in [2.45, 2.75) is 50.6 Å². The van der Waals surface area contributed by atoms with Gasteiger partial charge >= 0.3 is 0 Å². The van der Waals surface area contributed by atoms with Crippen LogP contribution in [0.3, 0.4) is 0 Å². The van der Waals surface area contributed by atoms with Gasteiger partial charge in [0.25, 0.3) is 0 Å². The highest BCUT2D eigenvalue weighted by atomic mass is 32.2. The van der Waals surface area contributed by atoms with Gasteiger partial charge < -0.3 is 4.90 Å². The number of fused-ring (bicyclic) bond motifs is 1. The number of hydrogen-bond acceptors (Lipinski definition) is 6. The van der Waals surface area contributed by atoms with E-state index in [2.05, 4.69) is 51.0 Å². The van der Waals surface area contributed by atoms with Crippen molar-refractivity contribution in [3.63, 3.8) is 0 Å². The summed E-state index contributed by atoms with van der Waals surface area (Å²) in [5.74, 6) is 0.988. The fourth-order valence-electron chi connectivity index (χ4n) is 4.34. The number of nitrogens with zero attached hydrogens (tertiary/aromatic N) is 4. The van der Waals surface area contributed by atoms with Crippen molar-refractivity contribution in [1.29, 1.82) is 0 Å². The molecule has 0 aliphatic carbocycles. The van der Waals surface area contributed by atoms with Crippen LogP contribution in [0.1, 0.15) is 36.6 Å². The van der Waals surface area contributed by atoms with Gasteiger partial charge in [0.15, 0.2) is 0 Å². The quantitative estimate of drug-likeness (QED) is 0.785. The third-order valence-corrected chi connectivity index (χ3v) is 7.74.